The van der Waals surface area contributed by atoms with Crippen molar-refractivity contribution >= 4 is 6.08 Å². The van der Waals surface area contributed by atoms with Crippen LogP contribution in [0, 0.1) is 6.92 Å². The molecule has 0 N–H and O–H groups in total. The topological polar surface area (TPSA) is 9.23 Å². The van der Waals surface area contributed by atoms with Crippen molar-refractivity contribution in [1.29, 1.82) is 0 Å². The van der Waals surface area contributed by atoms with Gasteiger partial charge in [-0.1, -0.05) is 93.3 Å². The first-order valence-corrected chi connectivity index (χ1v) is 9.95. The zero-order chi connectivity index (χ0) is 21.0. The summed E-state index contributed by atoms with van der Waals surface area (Å²) in [5.74, 6) is 0.854. The molecule has 0 saturated heterocycles. The fourth-order valence-electron chi connectivity index (χ4n) is 2.94. The summed E-state index contributed by atoms with van der Waals surface area (Å²) >= 11 is 0. The van der Waals surface area contributed by atoms with Crippen molar-refractivity contribution in [2.75, 3.05) is 0 Å². The number of hydrogen-bond acceptors (Lipinski definition) is 1. The van der Waals surface area contributed by atoms with Crippen molar-refractivity contribution in [3.8, 4) is 0 Å². The lowest BCUT2D eigenvalue weighted by atomic mass is 9.85. The van der Waals surface area contributed by atoms with Crippen molar-refractivity contribution in [3.05, 3.63) is 114 Å². The quantitative estimate of drug-likeness (QED) is 0.352. The monoisotopic (exact) mass is 374 g/mol. The van der Waals surface area contributed by atoms with E-state index in [-0.39, 0.29) is 0 Å². The van der Waals surface area contributed by atoms with Crippen LogP contribution in [-0.4, -0.2) is 0 Å². The molecule has 0 bridgehead atoms. The fraction of sp³-hybridized carbons (Fsp3) is 0.259. The third-order valence-corrected chi connectivity index (χ3v) is 4.48. The summed E-state index contributed by atoms with van der Waals surface area (Å²) < 4.78 is 6.46. The summed E-state index contributed by atoms with van der Waals surface area (Å²) in [4.78, 5) is 0. The third kappa shape index (κ3) is 6.13. The molecular weight excluding hydrogens is 340 g/mol. The van der Waals surface area contributed by atoms with Gasteiger partial charge >= 0.3 is 0 Å². The molecule has 2 aromatic carbocycles. The summed E-state index contributed by atoms with van der Waals surface area (Å²) in [6, 6.07) is 18.6. The lowest BCUT2D eigenvalue weighted by molar-refractivity contribution is 0.0533. The third-order valence-electron chi connectivity index (χ3n) is 4.48. The largest absolute Gasteiger partial charge is 0.483 e. The minimum absolute atomic E-state index is 0.631. The van der Waals surface area contributed by atoms with E-state index in [4.69, 9.17) is 4.74 Å². The molecular formula is C27H34O. The Morgan fingerprint density at radius 2 is 1.61 bits per heavy atom. The van der Waals surface area contributed by atoms with Crippen LogP contribution in [-0.2, 0) is 10.3 Å². The van der Waals surface area contributed by atoms with E-state index >= 15 is 0 Å². The van der Waals surface area contributed by atoms with E-state index in [1.54, 1.807) is 0 Å². The van der Waals surface area contributed by atoms with Gasteiger partial charge in [-0.25, -0.2) is 0 Å². The van der Waals surface area contributed by atoms with Gasteiger partial charge in [0.1, 0.15) is 0 Å². The lowest BCUT2D eigenvalue weighted by Gasteiger charge is -2.33. The molecule has 148 valence electrons. The maximum Gasteiger partial charge on any atom is 0.156 e. The van der Waals surface area contributed by atoms with E-state index in [2.05, 4.69) is 62.9 Å². The molecule has 0 aliphatic rings. The van der Waals surface area contributed by atoms with Crippen molar-refractivity contribution in [1.82, 2.24) is 0 Å². The first-order chi connectivity index (χ1) is 13.5. The Morgan fingerprint density at radius 1 is 1.00 bits per heavy atom. The molecule has 1 atom stereocenters. The smallest absolute Gasteiger partial charge is 0.156 e. The highest BCUT2D eigenvalue weighted by atomic mass is 16.5. The van der Waals surface area contributed by atoms with Crippen molar-refractivity contribution in [2.45, 2.75) is 47.1 Å². The normalized spacial score (nSPS) is 14.1. The minimum atomic E-state index is -0.631. The van der Waals surface area contributed by atoms with E-state index in [1.807, 2.05) is 70.2 Å². The molecule has 2 rings (SSSR count). The number of aryl methyl sites for hydroxylation is 1. The van der Waals surface area contributed by atoms with Crippen LogP contribution in [0.1, 0.15) is 51.3 Å². The van der Waals surface area contributed by atoms with Crippen LogP contribution in [0.15, 0.2) is 96.8 Å². The summed E-state index contributed by atoms with van der Waals surface area (Å²) in [6.07, 6.45) is 10.0. The predicted molar refractivity (Wildman–Crippen MR) is 124 cm³/mol. The molecule has 1 unspecified atom stereocenters. The van der Waals surface area contributed by atoms with E-state index in [1.165, 1.54) is 11.1 Å². The highest BCUT2D eigenvalue weighted by Gasteiger charge is 2.32. The van der Waals surface area contributed by atoms with Crippen LogP contribution in [0.2, 0.25) is 0 Å². The number of ether oxygens (including phenoxy) is 1. The summed E-state index contributed by atoms with van der Waals surface area (Å²) in [6.45, 7) is 16.3. The molecule has 0 heterocycles. The van der Waals surface area contributed by atoms with Crippen LogP contribution in [0.3, 0.4) is 0 Å². The average Bonchev–Trinajstić information content (AvgIpc) is 2.73. The zero-order valence-electron chi connectivity index (χ0n) is 18.2. The van der Waals surface area contributed by atoms with Crippen LogP contribution >= 0.6 is 0 Å². The molecule has 1 nitrogen and oxygen atoms in total. The van der Waals surface area contributed by atoms with Gasteiger partial charge < -0.3 is 4.74 Å². The maximum absolute atomic E-state index is 6.46. The van der Waals surface area contributed by atoms with Gasteiger partial charge in [-0.15, -0.1) is 0 Å². The second-order valence-corrected chi connectivity index (χ2v) is 6.46. The van der Waals surface area contributed by atoms with Crippen LogP contribution in [0.5, 0.6) is 0 Å². The first-order valence-electron chi connectivity index (χ1n) is 9.95. The molecule has 0 radical (unpaired) electrons. The summed E-state index contributed by atoms with van der Waals surface area (Å²) in [5.41, 5.74) is 3.87. The van der Waals surface area contributed by atoms with Gasteiger partial charge in [-0.2, -0.15) is 0 Å². The molecule has 0 aliphatic carbocycles. The van der Waals surface area contributed by atoms with Gasteiger partial charge in [0.05, 0.1) is 5.76 Å². The van der Waals surface area contributed by atoms with E-state index in [0.29, 0.717) is 0 Å². The highest BCUT2D eigenvalue weighted by molar-refractivity contribution is 5.62. The van der Waals surface area contributed by atoms with Gasteiger partial charge in [0.25, 0.3) is 0 Å². The molecule has 0 spiro atoms. The molecule has 0 aliphatic heterocycles. The van der Waals surface area contributed by atoms with Crippen molar-refractivity contribution < 1.29 is 4.74 Å². The van der Waals surface area contributed by atoms with Gasteiger partial charge in [0, 0.05) is 0 Å². The lowest BCUT2D eigenvalue weighted by Crippen LogP contribution is -2.27. The average molecular weight is 375 g/mol. The highest BCUT2D eigenvalue weighted by Crippen LogP contribution is 2.37. The minimum Gasteiger partial charge on any atom is -0.483 e. The van der Waals surface area contributed by atoms with Crippen LogP contribution in [0.4, 0.5) is 0 Å². The summed E-state index contributed by atoms with van der Waals surface area (Å²) in [7, 11) is 0. The Balaban J connectivity index is 0.00000190. The van der Waals surface area contributed by atoms with Crippen LogP contribution < -0.4 is 0 Å². The Kier molecular flexibility index (Phi) is 9.81. The van der Waals surface area contributed by atoms with Gasteiger partial charge in [-0.3, -0.25) is 0 Å². The summed E-state index contributed by atoms with van der Waals surface area (Å²) in [5, 5.41) is 0. The maximum atomic E-state index is 6.46. The molecule has 0 amide bonds. The van der Waals surface area contributed by atoms with E-state index in [0.717, 1.165) is 16.9 Å². The molecule has 28 heavy (non-hydrogen) atoms. The Labute approximate surface area is 171 Å². The first kappa shape index (κ1) is 23.2. The van der Waals surface area contributed by atoms with Gasteiger partial charge in [0.15, 0.2) is 5.60 Å². The number of rotatable bonds is 7. The SMILES string of the molecule is C=C/C(=C\c1ccccc1C)C(C)(O/C(C)=C/C=C\C)c1ccccc1.CC. The standard InChI is InChI=1S/C25H28O.C2H6/c1-6-8-15-21(4)26-25(5,24-17-10-9-11-18-24)23(7-2)19-22-16-13-12-14-20(22)3;1-2/h6-19H,2H2,1,3-5H3;1-2H3/b8-6-,21-15+,23-19+;. The molecule has 1 heteroatoms. The van der Waals surface area contributed by atoms with Crippen LogP contribution in [0.25, 0.3) is 6.08 Å². The van der Waals surface area contributed by atoms with E-state index < -0.39 is 5.60 Å². The number of allylic oxidation sites excluding steroid dienone is 4. The predicted octanol–water partition coefficient (Wildman–Crippen LogP) is 8.00. The Hall–Kier alpha value is -2.80. The number of benzene rings is 2. The second-order valence-electron chi connectivity index (χ2n) is 6.46. The van der Waals surface area contributed by atoms with Gasteiger partial charge in [0.2, 0.25) is 0 Å². The van der Waals surface area contributed by atoms with Crippen molar-refractivity contribution in [3.63, 3.8) is 0 Å². The molecule has 2 aromatic rings. The number of hydrogen-bond donors (Lipinski definition) is 0. The Bertz CT molecular complexity index is 824. The molecule has 0 aromatic heterocycles. The zero-order valence-corrected chi connectivity index (χ0v) is 18.2. The van der Waals surface area contributed by atoms with E-state index in [9.17, 15) is 0 Å². The Morgan fingerprint density at radius 3 is 2.18 bits per heavy atom. The molecule has 0 fully saturated rings. The second kappa shape index (κ2) is 11.8. The van der Waals surface area contributed by atoms with Gasteiger partial charge in [-0.05, 0) is 62.1 Å². The van der Waals surface area contributed by atoms with Crippen molar-refractivity contribution in [2.24, 2.45) is 0 Å². The fourth-order valence-corrected chi connectivity index (χ4v) is 2.94. The molecule has 0 saturated carbocycles.